The van der Waals surface area contributed by atoms with Crippen molar-refractivity contribution in [1.29, 1.82) is 0 Å². The zero-order valence-electron chi connectivity index (χ0n) is 18.7. The van der Waals surface area contributed by atoms with Crippen LogP contribution in [0.5, 0.6) is 11.5 Å². The second-order valence-corrected chi connectivity index (χ2v) is 8.02. The first-order valence-electron chi connectivity index (χ1n) is 10.4. The predicted molar refractivity (Wildman–Crippen MR) is 125 cm³/mol. The van der Waals surface area contributed by atoms with Gasteiger partial charge in [-0.3, -0.25) is 9.59 Å². The highest BCUT2D eigenvalue weighted by Crippen LogP contribution is 2.20. The van der Waals surface area contributed by atoms with Crippen molar-refractivity contribution < 1.29 is 19.1 Å². The largest absolute Gasteiger partial charge is 0.497 e. The van der Waals surface area contributed by atoms with E-state index in [4.69, 9.17) is 9.47 Å². The molecule has 2 aromatic rings. The topological polar surface area (TPSA) is 67.9 Å². The zero-order valence-corrected chi connectivity index (χ0v) is 19.5. The Balaban J connectivity index is 2.10. The molecule has 31 heavy (non-hydrogen) atoms. The maximum absolute atomic E-state index is 13.2. The van der Waals surface area contributed by atoms with Crippen LogP contribution in [0.25, 0.3) is 0 Å². The van der Waals surface area contributed by atoms with Gasteiger partial charge in [-0.2, -0.15) is 0 Å². The second kappa shape index (κ2) is 12.9. The molecular formula is C24H32N2O4S. The van der Waals surface area contributed by atoms with E-state index in [0.29, 0.717) is 31.0 Å². The molecule has 0 aliphatic rings. The molecule has 1 N–H and O–H groups in total. The third kappa shape index (κ3) is 7.51. The highest BCUT2D eigenvalue weighted by atomic mass is 32.2. The van der Waals surface area contributed by atoms with E-state index >= 15 is 0 Å². The van der Waals surface area contributed by atoms with Gasteiger partial charge in [-0.1, -0.05) is 31.2 Å². The normalized spacial score (nSPS) is 11.5. The van der Waals surface area contributed by atoms with E-state index in [1.54, 1.807) is 19.1 Å². The summed E-state index contributed by atoms with van der Waals surface area (Å²) in [5.74, 6) is 2.36. The quantitative estimate of drug-likeness (QED) is 0.538. The van der Waals surface area contributed by atoms with Gasteiger partial charge in [0.25, 0.3) is 0 Å². The first-order chi connectivity index (χ1) is 15.0. The molecule has 7 heteroatoms. The zero-order chi connectivity index (χ0) is 22.6. The van der Waals surface area contributed by atoms with E-state index in [1.807, 2.05) is 62.4 Å². The number of hydrogen-bond donors (Lipinski definition) is 1. The van der Waals surface area contributed by atoms with Crippen LogP contribution in [0.3, 0.4) is 0 Å². The van der Waals surface area contributed by atoms with Crippen molar-refractivity contribution >= 4 is 23.6 Å². The summed E-state index contributed by atoms with van der Waals surface area (Å²) >= 11 is 1.54. The summed E-state index contributed by atoms with van der Waals surface area (Å²) in [7, 11) is 3.25. The van der Waals surface area contributed by atoms with Crippen LogP contribution in [0, 0.1) is 0 Å². The smallest absolute Gasteiger partial charge is 0.242 e. The molecule has 1 atom stereocenters. The summed E-state index contributed by atoms with van der Waals surface area (Å²) in [5, 5.41) is 2.86. The van der Waals surface area contributed by atoms with Crippen molar-refractivity contribution in [3.8, 4) is 11.5 Å². The molecule has 0 heterocycles. The fourth-order valence-electron chi connectivity index (χ4n) is 3.24. The van der Waals surface area contributed by atoms with E-state index in [9.17, 15) is 9.59 Å². The number of benzene rings is 2. The van der Waals surface area contributed by atoms with Gasteiger partial charge in [-0.05, 0) is 48.7 Å². The molecule has 0 fully saturated rings. The third-order valence-corrected chi connectivity index (χ3v) is 5.87. The van der Waals surface area contributed by atoms with Crippen LogP contribution in [0.1, 0.15) is 31.4 Å². The lowest BCUT2D eigenvalue weighted by Gasteiger charge is -2.30. The van der Waals surface area contributed by atoms with Crippen LogP contribution in [0.2, 0.25) is 0 Å². The Morgan fingerprint density at radius 2 is 1.71 bits per heavy atom. The highest BCUT2D eigenvalue weighted by molar-refractivity contribution is 7.99. The van der Waals surface area contributed by atoms with Crippen LogP contribution in [-0.4, -0.2) is 49.3 Å². The van der Waals surface area contributed by atoms with Crippen LogP contribution >= 0.6 is 11.8 Å². The molecule has 0 saturated heterocycles. The van der Waals surface area contributed by atoms with E-state index in [1.165, 1.54) is 11.8 Å². The maximum atomic E-state index is 13.2. The third-order valence-electron chi connectivity index (χ3n) is 4.88. The van der Waals surface area contributed by atoms with Crippen molar-refractivity contribution in [2.24, 2.45) is 0 Å². The molecular weight excluding hydrogens is 412 g/mol. The molecule has 2 amide bonds. The van der Waals surface area contributed by atoms with Crippen LogP contribution in [-0.2, 0) is 21.9 Å². The Morgan fingerprint density at radius 1 is 1.00 bits per heavy atom. The molecule has 1 unspecified atom stereocenters. The fourth-order valence-corrected chi connectivity index (χ4v) is 4.11. The molecule has 0 aliphatic carbocycles. The number of carbonyl (C=O) groups is 2. The lowest BCUT2D eigenvalue weighted by molar-refractivity contribution is -0.139. The van der Waals surface area contributed by atoms with E-state index in [0.717, 1.165) is 22.6 Å². The number of nitrogens with one attached hydrogen (secondary N) is 1. The number of methoxy groups -OCH3 is 2. The summed E-state index contributed by atoms with van der Waals surface area (Å²) in [5.41, 5.74) is 2.05. The van der Waals surface area contributed by atoms with Crippen molar-refractivity contribution in [1.82, 2.24) is 10.2 Å². The number of ether oxygens (including phenoxy) is 2. The molecule has 0 radical (unpaired) electrons. The predicted octanol–water partition coefficient (Wildman–Crippen LogP) is 3.88. The van der Waals surface area contributed by atoms with Gasteiger partial charge in [0.1, 0.15) is 17.5 Å². The van der Waals surface area contributed by atoms with Crippen molar-refractivity contribution in [3.05, 3.63) is 59.7 Å². The standard InChI is InChI=1S/C24H32N2O4S/c1-5-22(24(28)25-6-2)26(15-19-8-7-9-21(14-19)30-4)23(27)17-31-16-18-10-12-20(29-3)13-11-18/h7-14,22H,5-6,15-17H2,1-4H3,(H,25,28). The summed E-state index contributed by atoms with van der Waals surface area (Å²) in [6, 6.07) is 14.9. The summed E-state index contributed by atoms with van der Waals surface area (Å²) in [6.45, 7) is 4.69. The molecule has 2 aromatic carbocycles. The van der Waals surface area contributed by atoms with Crippen molar-refractivity contribution in [3.63, 3.8) is 0 Å². The van der Waals surface area contributed by atoms with Gasteiger partial charge in [-0.15, -0.1) is 11.8 Å². The molecule has 0 aliphatic heterocycles. The number of rotatable bonds is 12. The van der Waals surface area contributed by atoms with E-state index in [2.05, 4.69) is 5.32 Å². The number of hydrogen-bond acceptors (Lipinski definition) is 5. The number of carbonyl (C=O) groups excluding carboxylic acids is 2. The average Bonchev–Trinajstić information content (AvgIpc) is 2.79. The second-order valence-electron chi connectivity index (χ2n) is 7.03. The maximum Gasteiger partial charge on any atom is 0.242 e. The Bertz CT molecular complexity index is 842. The van der Waals surface area contributed by atoms with Gasteiger partial charge in [0.2, 0.25) is 11.8 Å². The van der Waals surface area contributed by atoms with Crippen LogP contribution in [0.4, 0.5) is 0 Å². The van der Waals surface area contributed by atoms with Gasteiger partial charge >= 0.3 is 0 Å². The molecule has 0 saturated carbocycles. The minimum absolute atomic E-state index is 0.0561. The Kier molecular flexibility index (Phi) is 10.2. The minimum atomic E-state index is -0.514. The van der Waals surface area contributed by atoms with Gasteiger partial charge < -0.3 is 19.7 Å². The lowest BCUT2D eigenvalue weighted by Crippen LogP contribution is -2.49. The van der Waals surface area contributed by atoms with E-state index in [-0.39, 0.29) is 11.8 Å². The highest BCUT2D eigenvalue weighted by Gasteiger charge is 2.28. The summed E-state index contributed by atoms with van der Waals surface area (Å²) < 4.78 is 10.5. The molecule has 0 bridgehead atoms. The number of nitrogens with zero attached hydrogens (tertiary/aromatic N) is 1. The average molecular weight is 445 g/mol. The molecule has 168 valence electrons. The van der Waals surface area contributed by atoms with Gasteiger partial charge in [-0.25, -0.2) is 0 Å². The van der Waals surface area contributed by atoms with Gasteiger partial charge in [0.05, 0.1) is 20.0 Å². The molecule has 2 rings (SSSR count). The number of likely N-dealkylation sites (N-methyl/N-ethyl adjacent to an activating group) is 1. The van der Waals surface area contributed by atoms with Crippen molar-refractivity contribution in [2.45, 2.75) is 38.6 Å². The lowest BCUT2D eigenvalue weighted by atomic mass is 10.1. The van der Waals surface area contributed by atoms with Crippen LogP contribution in [0.15, 0.2) is 48.5 Å². The van der Waals surface area contributed by atoms with Gasteiger partial charge in [0.15, 0.2) is 0 Å². The summed E-state index contributed by atoms with van der Waals surface area (Å²) in [6.07, 6.45) is 0.546. The number of thioether (sulfide) groups is 1. The molecule has 0 aromatic heterocycles. The van der Waals surface area contributed by atoms with Gasteiger partial charge in [0, 0.05) is 18.8 Å². The van der Waals surface area contributed by atoms with Crippen molar-refractivity contribution in [2.75, 3.05) is 26.5 Å². The summed E-state index contributed by atoms with van der Waals surface area (Å²) in [4.78, 5) is 27.5. The molecule has 6 nitrogen and oxygen atoms in total. The minimum Gasteiger partial charge on any atom is -0.497 e. The first-order valence-corrected chi connectivity index (χ1v) is 11.6. The first kappa shape index (κ1) is 24.6. The Labute approximate surface area is 189 Å². The monoisotopic (exact) mass is 444 g/mol. The molecule has 0 spiro atoms. The fraction of sp³-hybridized carbons (Fsp3) is 0.417. The van der Waals surface area contributed by atoms with Crippen LogP contribution < -0.4 is 14.8 Å². The Hall–Kier alpha value is -2.67. The Morgan fingerprint density at radius 3 is 2.32 bits per heavy atom. The number of amides is 2. The van der Waals surface area contributed by atoms with E-state index < -0.39 is 6.04 Å². The SMILES string of the molecule is CCNC(=O)C(CC)N(Cc1cccc(OC)c1)C(=O)CSCc1ccc(OC)cc1.